The number of ether oxygens (including phenoxy) is 2. The number of likely N-dealkylation sites (N-methyl/N-ethyl adjacent to an activating group) is 2. The van der Waals surface area contributed by atoms with Gasteiger partial charge >= 0.3 is 5.97 Å². The van der Waals surface area contributed by atoms with Gasteiger partial charge in [0.05, 0.1) is 45.4 Å². The fraction of sp³-hybridized carbons (Fsp3) is 0.556. The average molecular weight is 370 g/mol. The normalized spacial score (nSPS) is 10.4. The Kier molecular flexibility index (Phi) is 13.1. The fourth-order valence-electron chi connectivity index (χ4n) is 1.68. The van der Waals surface area contributed by atoms with Crippen molar-refractivity contribution in [3.63, 3.8) is 0 Å². The zero-order valence-corrected chi connectivity index (χ0v) is 16.0. The Labute approximate surface area is 154 Å². The van der Waals surface area contributed by atoms with E-state index < -0.39 is 11.9 Å². The highest BCUT2D eigenvalue weighted by Crippen LogP contribution is 2.09. The summed E-state index contributed by atoms with van der Waals surface area (Å²) in [5.74, 6) is -2.23. The number of carboxylic acids is 1. The van der Waals surface area contributed by atoms with Gasteiger partial charge in [-0.25, -0.2) is 4.79 Å². The molecule has 0 aliphatic heterocycles. The van der Waals surface area contributed by atoms with Crippen LogP contribution in [0.1, 0.15) is 20.7 Å². The van der Waals surface area contributed by atoms with Crippen molar-refractivity contribution in [3.8, 4) is 0 Å². The number of aliphatic hydroxyl groups is 1. The molecular formula is C18H30N2O6. The molecule has 148 valence electrons. The highest BCUT2D eigenvalue weighted by molar-refractivity contribution is 6.01. The van der Waals surface area contributed by atoms with Gasteiger partial charge in [-0.1, -0.05) is 18.2 Å². The van der Waals surface area contributed by atoms with Crippen molar-refractivity contribution in [3.05, 3.63) is 35.4 Å². The van der Waals surface area contributed by atoms with Crippen molar-refractivity contribution in [2.24, 2.45) is 0 Å². The van der Waals surface area contributed by atoms with Gasteiger partial charge in [-0.15, -0.1) is 0 Å². The summed E-state index contributed by atoms with van der Waals surface area (Å²) in [6.07, 6.45) is 0. The van der Waals surface area contributed by atoms with E-state index in [1.807, 2.05) is 0 Å². The molecule has 2 N–H and O–H groups in total. The molecule has 0 unspecified atom stereocenters. The maximum absolute atomic E-state index is 11.3. The van der Waals surface area contributed by atoms with Crippen LogP contribution in [-0.2, 0) is 9.47 Å². The van der Waals surface area contributed by atoms with Crippen molar-refractivity contribution in [2.45, 2.75) is 0 Å². The molecule has 0 saturated carbocycles. The van der Waals surface area contributed by atoms with Crippen LogP contribution in [0.4, 0.5) is 0 Å². The van der Waals surface area contributed by atoms with E-state index in [-0.39, 0.29) is 24.3 Å². The highest BCUT2D eigenvalue weighted by Gasteiger charge is 2.12. The number of benzene rings is 1. The molecule has 0 saturated heterocycles. The third-order valence-corrected chi connectivity index (χ3v) is 3.12. The van der Waals surface area contributed by atoms with Gasteiger partial charge in [0, 0.05) is 12.1 Å². The second kappa shape index (κ2) is 14.2. The highest BCUT2D eigenvalue weighted by atomic mass is 16.5. The standard InChI is InChI=1S/C10H10O5.C8H20N2O/c11-5-6-15-10(14)8-4-2-1-3-7(8)9(12)13;1-9(2)5-7-11-8-6-10(3)4/h1-4,11H,5-6H2,(H,12,13);5-8H2,1-4H3. The monoisotopic (exact) mass is 370 g/mol. The predicted molar refractivity (Wildman–Crippen MR) is 95.2 cm³/mol. The van der Waals surface area contributed by atoms with Gasteiger partial charge in [0.1, 0.15) is 13.2 Å². The number of esters is 1. The van der Waals surface area contributed by atoms with Gasteiger partial charge < -0.3 is 34.3 Å². The Morgan fingerprint density at radius 1 is 1.12 bits per heavy atom. The lowest BCUT2D eigenvalue weighted by molar-refractivity contribution is -0.858. The molecule has 8 nitrogen and oxygen atoms in total. The fourth-order valence-corrected chi connectivity index (χ4v) is 1.68. The summed E-state index contributed by atoms with van der Waals surface area (Å²) in [7, 11) is 8.38. The number of nitrogens with one attached hydrogen (secondary N) is 1. The quantitative estimate of drug-likeness (QED) is 0.359. The Morgan fingerprint density at radius 2 is 1.73 bits per heavy atom. The average Bonchev–Trinajstić information content (AvgIpc) is 2.59. The lowest BCUT2D eigenvalue weighted by Gasteiger charge is -2.10. The van der Waals surface area contributed by atoms with Gasteiger partial charge in [0.2, 0.25) is 0 Å². The number of carbonyl (C=O) groups is 2. The number of hydrogen-bond donors (Lipinski definition) is 2. The molecule has 0 aromatic heterocycles. The summed E-state index contributed by atoms with van der Waals surface area (Å²) >= 11 is 0. The number of nitrogens with zero attached hydrogens (tertiary/aromatic N) is 1. The molecule has 1 aromatic carbocycles. The first kappa shape index (κ1) is 24.0. The summed E-state index contributed by atoms with van der Waals surface area (Å²) in [4.78, 5) is 25.5. The molecule has 26 heavy (non-hydrogen) atoms. The molecule has 0 heterocycles. The van der Waals surface area contributed by atoms with E-state index in [0.29, 0.717) is 0 Å². The molecule has 1 aromatic rings. The van der Waals surface area contributed by atoms with Crippen molar-refractivity contribution < 1.29 is 34.2 Å². The van der Waals surface area contributed by atoms with Crippen LogP contribution in [0.25, 0.3) is 0 Å². The minimum atomic E-state index is -1.44. The molecule has 0 bridgehead atoms. The van der Waals surface area contributed by atoms with Crippen LogP contribution in [0.2, 0.25) is 0 Å². The molecule has 0 aliphatic carbocycles. The van der Waals surface area contributed by atoms with Crippen LogP contribution < -0.4 is 10.0 Å². The molecule has 0 amide bonds. The zero-order chi connectivity index (χ0) is 19.9. The lowest BCUT2D eigenvalue weighted by atomic mass is 10.1. The van der Waals surface area contributed by atoms with Crippen LogP contribution in [0.5, 0.6) is 0 Å². The summed E-state index contributed by atoms with van der Waals surface area (Å²) in [5, 5.41) is 19.1. The van der Waals surface area contributed by atoms with Crippen LogP contribution in [0.15, 0.2) is 24.3 Å². The van der Waals surface area contributed by atoms with Gasteiger partial charge in [-0.2, -0.15) is 0 Å². The Hall–Kier alpha value is -2.00. The molecule has 0 atom stereocenters. The molecule has 0 fully saturated rings. The maximum Gasteiger partial charge on any atom is 0.338 e. The SMILES string of the molecule is CN(C)CCOCC[NH+](C)C.O=C([O-])c1ccccc1C(=O)OCCO. The number of rotatable bonds is 10. The smallest absolute Gasteiger partial charge is 0.338 e. The predicted octanol–water partition coefficient (Wildman–Crippen LogP) is -2.09. The van der Waals surface area contributed by atoms with Crippen molar-refractivity contribution in [1.82, 2.24) is 4.90 Å². The first-order chi connectivity index (χ1) is 12.3. The topological polar surface area (TPSA) is 104 Å². The van der Waals surface area contributed by atoms with Gasteiger partial charge in [0.25, 0.3) is 0 Å². The van der Waals surface area contributed by atoms with Crippen LogP contribution in [-0.4, -0.2) is 89.7 Å². The van der Waals surface area contributed by atoms with E-state index in [9.17, 15) is 14.7 Å². The van der Waals surface area contributed by atoms with Crippen molar-refractivity contribution in [2.75, 3.05) is 67.7 Å². The second-order valence-electron chi connectivity index (χ2n) is 6.07. The summed E-state index contributed by atoms with van der Waals surface area (Å²) in [5.41, 5.74) is -0.300. The molecular weight excluding hydrogens is 340 g/mol. The third kappa shape index (κ3) is 11.5. The van der Waals surface area contributed by atoms with E-state index in [0.717, 1.165) is 26.3 Å². The van der Waals surface area contributed by atoms with E-state index >= 15 is 0 Å². The van der Waals surface area contributed by atoms with E-state index in [4.69, 9.17) is 9.84 Å². The van der Waals surface area contributed by atoms with Crippen molar-refractivity contribution >= 4 is 11.9 Å². The van der Waals surface area contributed by atoms with E-state index in [2.05, 4.69) is 37.8 Å². The van der Waals surface area contributed by atoms with E-state index in [1.165, 1.54) is 29.2 Å². The first-order valence-electron chi connectivity index (χ1n) is 8.39. The number of aromatic carboxylic acids is 1. The molecule has 8 heteroatoms. The second-order valence-corrected chi connectivity index (χ2v) is 6.07. The molecule has 0 spiro atoms. The molecule has 1 rings (SSSR count). The lowest BCUT2D eigenvalue weighted by Crippen LogP contribution is -3.06. The summed E-state index contributed by atoms with van der Waals surface area (Å²) < 4.78 is 9.98. The van der Waals surface area contributed by atoms with Gasteiger partial charge in [0.15, 0.2) is 0 Å². The Balaban J connectivity index is 0.000000508. The van der Waals surface area contributed by atoms with Crippen molar-refractivity contribution in [1.29, 1.82) is 0 Å². The first-order valence-corrected chi connectivity index (χ1v) is 8.39. The minimum Gasteiger partial charge on any atom is -0.545 e. The number of quaternary nitrogens is 1. The number of carboxylic acid groups (broad SMARTS) is 1. The Bertz CT molecular complexity index is 524. The summed E-state index contributed by atoms with van der Waals surface area (Å²) in [6.45, 7) is 3.35. The largest absolute Gasteiger partial charge is 0.545 e. The van der Waals surface area contributed by atoms with Gasteiger partial charge in [-0.05, 0) is 20.2 Å². The number of aliphatic hydroxyl groups excluding tert-OH is 1. The van der Waals surface area contributed by atoms with Crippen LogP contribution >= 0.6 is 0 Å². The van der Waals surface area contributed by atoms with E-state index in [1.54, 1.807) is 0 Å². The molecule has 0 radical (unpaired) electrons. The molecule has 0 aliphatic rings. The minimum absolute atomic E-state index is 0.0778. The zero-order valence-electron chi connectivity index (χ0n) is 16.0. The van der Waals surface area contributed by atoms with Crippen LogP contribution in [0, 0.1) is 0 Å². The maximum atomic E-state index is 11.3. The third-order valence-electron chi connectivity index (χ3n) is 3.12. The van der Waals surface area contributed by atoms with Gasteiger partial charge in [-0.3, -0.25) is 0 Å². The number of hydrogen-bond acceptors (Lipinski definition) is 7. The Morgan fingerprint density at radius 3 is 2.23 bits per heavy atom. The number of carbonyl (C=O) groups excluding carboxylic acids is 2. The summed E-state index contributed by atoms with van der Waals surface area (Å²) in [6, 6.07) is 5.58. The van der Waals surface area contributed by atoms with Crippen LogP contribution in [0.3, 0.4) is 0 Å².